The summed E-state index contributed by atoms with van der Waals surface area (Å²) < 4.78 is 27.6. The molecule has 3 nitrogen and oxygen atoms in total. The third kappa shape index (κ3) is 3.38. The van der Waals surface area contributed by atoms with Crippen LogP contribution in [0.5, 0.6) is 0 Å². The summed E-state index contributed by atoms with van der Waals surface area (Å²) in [7, 11) is -3.42. The topological polar surface area (TPSA) is 37.4 Å². The molecular weight excluding hydrogens is 330 g/mol. The molecule has 25 heavy (non-hydrogen) atoms. The lowest BCUT2D eigenvalue weighted by Crippen LogP contribution is -2.35. The predicted octanol–water partition coefficient (Wildman–Crippen LogP) is 4.48. The zero-order chi connectivity index (χ0) is 17.3. The summed E-state index contributed by atoms with van der Waals surface area (Å²) in [5.41, 5.74) is 3.68. The first-order chi connectivity index (χ1) is 12.1. The SMILES string of the molecule is O=S(=O)(c1ccc(C2CCCCC2)cc1)N1CCc2ccccc2C1. The van der Waals surface area contributed by atoms with Gasteiger partial charge in [0, 0.05) is 13.1 Å². The van der Waals surface area contributed by atoms with Crippen molar-refractivity contribution in [1.29, 1.82) is 0 Å². The Kier molecular flexibility index (Phi) is 4.65. The molecule has 132 valence electrons. The van der Waals surface area contributed by atoms with E-state index in [0.29, 0.717) is 23.9 Å². The predicted molar refractivity (Wildman–Crippen MR) is 100 cm³/mol. The lowest BCUT2D eigenvalue weighted by atomic mass is 9.84. The highest BCUT2D eigenvalue weighted by Gasteiger charge is 2.28. The van der Waals surface area contributed by atoms with Crippen LogP contribution in [-0.2, 0) is 23.0 Å². The fourth-order valence-corrected chi connectivity index (χ4v) is 5.59. The second kappa shape index (κ2) is 6.93. The first-order valence-corrected chi connectivity index (χ1v) is 10.8. The molecular formula is C21H25NO2S. The molecule has 1 aliphatic heterocycles. The quantitative estimate of drug-likeness (QED) is 0.814. The van der Waals surface area contributed by atoms with Gasteiger partial charge < -0.3 is 0 Å². The van der Waals surface area contributed by atoms with Crippen molar-refractivity contribution in [3.8, 4) is 0 Å². The fraction of sp³-hybridized carbons (Fsp3) is 0.429. The van der Waals surface area contributed by atoms with Crippen molar-refractivity contribution in [1.82, 2.24) is 4.31 Å². The maximum Gasteiger partial charge on any atom is 0.243 e. The molecule has 0 radical (unpaired) electrons. The Morgan fingerprint density at radius 3 is 2.24 bits per heavy atom. The largest absolute Gasteiger partial charge is 0.243 e. The molecule has 0 N–H and O–H groups in total. The van der Waals surface area contributed by atoms with E-state index >= 15 is 0 Å². The summed E-state index contributed by atoms with van der Waals surface area (Å²) in [4.78, 5) is 0.423. The van der Waals surface area contributed by atoms with E-state index in [4.69, 9.17) is 0 Å². The Morgan fingerprint density at radius 1 is 0.840 bits per heavy atom. The van der Waals surface area contributed by atoms with E-state index < -0.39 is 10.0 Å². The average molecular weight is 356 g/mol. The van der Waals surface area contributed by atoms with E-state index in [-0.39, 0.29) is 0 Å². The molecule has 0 spiro atoms. The second-order valence-electron chi connectivity index (χ2n) is 7.26. The van der Waals surface area contributed by atoms with Crippen molar-refractivity contribution in [2.45, 2.75) is 55.9 Å². The highest BCUT2D eigenvalue weighted by atomic mass is 32.2. The molecule has 0 aromatic heterocycles. The molecule has 1 fully saturated rings. The van der Waals surface area contributed by atoms with Gasteiger partial charge in [-0.3, -0.25) is 0 Å². The Labute approximate surface area is 150 Å². The molecule has 1 heterocycles. The lowest BCUT2D eigenvalue weighted by molar-refractivity contribution is 0.391. The maximum atomic E-state index is 13.0. The molecule has 0 unspecified atom stereocenters. The molecule has 0 saturated heterocycles. The van der Waals surface area contributed by atoms with Gasteiger partial charge in [-0.05, 0) is 54.0 Å². The van der Waals surface area contributed by atoms with Gasteiger partial charge in [-0.1, -0.05) is 55.7 Å². The van der Waals surface area contributed by atoms with Crippen LogP contribution < -0.4 is 0 Å². The van der Waals surface area contributed by atoms with Crippen LogP contribution in [0.4, 0.5) is 0 Å². The standard InChI is InChI=1S/C21H25NO2S/c23-25(24,22-15-14-18-8-4-5-9-20(18)16-22)21-12-10-19(11-13-21)17-6-2-1-3-7-17/h4-5,8-13,17H,1-3,6-7,14-16H2. The molecule has 1 saturated carbocycles. The van der Waals surface area contributed by atoms with E-state index in [9.17, 15) is 8.42 Å². The van der Waals surface area contributed by atoms with Gasteiger partial charge in [0.2, 0.25) is 10.0 Å². The summed E-state index contributed by atoms with van der Waals surface area (Å²) in [6, 6.07) is 15.8. The number of hydrogen-bond donors (Lipinski definition) is 0. The highest BCUT2D eigenvalue weighted by Crippen LogP contribution is 2.33. The first kappa shape index (κ1) is 16.8. The van der Waals surface area contributed by atoms with E-state index in [2.05, 4.69) is 6.07 Å². The molecule has 2 aliphatic rings. The monoisotopic (exact) mass is 355 g/mol. The maximum absolute atomic E-state index is 13.0. The van der Waals surface area contributed by atoms with Crippen LogP contribution >= 0.6 is 0 Å². The van der Waals surface area contributed by atoms with E-state index in [0.717, 1.165) is 12.0 Å². The van der Waals surface area contributed by atoms with Crippen molar-refractivity contribution in [3.05, 3.63) is 65.2 Å². The highest BCUT2D eigenvalue weighted by molar-refractivity contribution is 7.89. The molecule has 0 amide bonds. The number of benzene rings is 2. The van der Waals surface area contributed by atoms with E-state index in [1.807, 2.05) is 30.3 Å². The average Bonchev–Trinajstić information content (AvgIpc) is 2.68. The van der Waals surface area contributed by atoms with Crippen LogP contribution in [-0.4, -0.2) is 19.3 Å². The summed E-state index contributed by atoms with van der Waals surface area (Å²) in [5.74, 6) is 0.604. The summed E-state index contributed by atoms with van der Waals surface area (Å²) in [5, 5.41) is 0. The van der Waals surface area contributed by atoms with E-state index in [1.165, 1.54) is 43.2 Å². The molecule has 0 atom stereocenters. The molecule has 4 heteroatoms. The third-order valence-corrected chi connectivity index (χ3v) is 7.55. The van der Waals surface area contributed by atoms with Gasteiger partial charge in [-0.2, -0.15) is 4.31 Å². The number of nitrogens with zero attached hydrogens (tertiary/aromatic N) is 1. The summed E-state index contributed by atoms with van der Waals surface area (Å²) >= 11 is 0. The van der Waals surface area contributed by atoms with Gasteiger partial charge in [0.1, 0.15) is 0 Å². The van der Waals surface area contributed by atoms with Gasteiger partial charge in [-0.25, -0.2) is 8.42 Å². The van der Waals surface area contributed by atoms with Crippen LogP contribution in [0.15, 0.2) is 53.4 Å². The fourth-order valence-electron chi connectivity index (χ4n) is 4.17. The van der Waals surface area contributed by atoms with Gasteiger partial charge in [0.25, 0.3) is 0 Å². The van der Waals surface area contributed by atoms with Gasteiger partial charge in [-0.15, -0.1) is 0 Å². The zero-order valence-electron chi connectivity index (χ0n) is 14.5. The van der Waals surface area contributed by atoms with Crippen molar-refractivity contribution in [3.63, 3.8) is 0 Å². The molecule has 0 bridgehead atoms. The number of sulfonamides is 1. The minimum Gasteiger partial charge on any atom is -0.207 e. The van der Waals surface area contributed by atoms with Crippen LogP contribution in [0.1, 0.15) is 54.7 Å². The molecule has 2 aromatic rings. The summed E-state index contributed by atoms with van der Waals surface area (Å²) in [6.45, 7) is 1.03. The van der Waals surface area contributed by atoms with Gasteiger partial charge >= 0.3 is 0 Å². The minimum absolute atomic E-state index is 0.423. The van der Waals surface area contributed by atoms with Gasteiger partial charge in [0.05, 0.1) is 4.90 Å². The Balaban J connectivity index is 1.54. The van der Waals surface area contributed by atoms with Crippen molar-refractivity contribution >= 4 is 10.0 Å². The van der Waals surface area contributed by atoms with Crippen LogP contribution in [0.3, 0.4) is 0 Å². The number of fused-ring (bicyclic) bond motifs is 1. The zero-order valence-corrected chi connectivity index (χ0v) is 15.3. The van der Waals surface area contributed by atoms with Crippen molar-refractivity contribution in [2.75, 3.05) is 6.54 Å². The van der Waals surface area contributed by atoms with Gasteiger partial charge in [0.15, 0.2) is 0 Å². The third-order valence-electron chi connectivity index (χ3n) is 5.69. The molecule has 1 aliphatic carbocycles. The molecule has 4 rings (SSSR count). The second-order valence-corrected chi connectivity index (χ2v) is 9.20. The first-order valence-electron chi connectivity index (χ1n) is 9.31. The Morgan fingerprint density at radius 2 is 1.52 bits per heavy atom. The van der Waals surface area contributed by atoms with Crippen molar-refractivity contribution < 1.29 is 8.42 Å². The van der Waals surface area contributed by atoms with Crippen LogP contribution in [0.25, 0.3) is 0 Å². The Hall–Kier alpha value is -1.65. The number of rotatable bonds is 3. The lowest BCUT2D eigenvalue weighted by Gasteiger charge is -2.28. The van der Waals surface area contributed by atoms with Crippen LogP contribution in [0, 0.1) is 0 Å². The number of hydrogen-bond acceptors (Lipinski definition) is 2. The molecule has 2 aromatic carbocycles. The smallest absolute Gasteiger partial charge is 0.207 e. The minimum atomic E-state index is -3.42. The normalized spacial score (nSPS) is 19.5. The van der Waals surface area contributed by atoms with E-state index in [1.54, 1.807) is 16.4 Å². The van der Waals surface area contributed by atoms with Crippen molar-refractivity contribution in [2.24, 2.45) is 0 Å². The van der Waals surface area contributed by atoms with Crippen LogP contribution in [0.2, 0.25) is 0 Å². The summed E-state index contributed by atoms with van der Waals surface area (Å²) in [6.07, 6.45) is 7.16. The Bertz CT molecular complexity index is 836.